The Kier molecular flexibility index (Phi) is 5.01. The van der Waals surface area contributed by atoms with Crippen LogP contribution in [0.1, 0.15) is 16.1 Å². The topological polar surface area (TPSA) is 80.0 Å². The van der Waals surface area contributed by atoms with Gasteiger partial charge in [0.2, 0.25) is 0 Å². The van der Waals surface area contributed by atoms with Gasteiger partial charge in [0, 0.05) is 31.1 Å². The van der Waals surface area contributed by atoms with Gasteiger partial charge in [0.05, 0.1) is 22.3 Å². The second kappa shape index (κ2) is 7.21. The lowest BCUT2D eigenvalue weighted by Gasteiger charge is -2.27. The van der Waals surface area contributed by atoms with E-state index in [2.05, 4.69) is 20.8 Å². The molecule has 25 heavy (non-hydrogen) atoms. The van der Waals surface area contributed by atoms with E-state index in [9.17, 15) is 4.79 Å². The Morgan fingerprint density at radius 2 is 2.08 bits per heavy atom. The number of carbonyl (C=O) groups is 1. The molecule has 1 amide bonds. The smallest absolute Gasteiger partial charge is 0.259 e. The zero-order valence-electron chi connectivity index (χ0n) is 13.8. The van der Waals surface area contributed by atoms with Crippen LogP contribution in [0, 0.1) is 12.8 Å². The third-order valence-electron chi connectivity index (χ3n) is 4.35. The van der Waals surface area contributed by atoms with Crippen molar-refractivity contribution in [1.82, 2.24) is 20.8 Å². The third-order valence-corrected chi connectivity index (χ3v) is 4.35. The Morgan fingerprint density at radius 1 is 1.32 bits per heavy atom. The minimum atomic E-state index is -0.113. The molecule has 3 aromatic rings. The van der Waals surface area contributed by atoms with Crippen LogP contribution in [0.4, 0.5) is 0 Å². The van der Waals surface area contributed by atoms with Gasteiger partial charge in [-0.15, -0.1) is 12.4 Å². The average molecular weight is 359 g/mol. The molecule has 0 aliphatic carbocycles. The Bertz CT molecular complexity index is 891. The van der Waals surface area contributed by atoms with Gasteiger partial charge in [-0.25, -0.2) is 4.98 Å². The van der Waals surface area contributed by atoms with Gasteiger partial charge in [-0.2, -0.15) is 0 Å². The standard InChI is InChI=1S/C18H18N4O2.ClH/c1-11-16-14(17(23)20-10-12-8-19-9-12)7-15(21-18(16)24-22-11)13-5-3-2-4-6-13;/h2-7,12,19H,8-10H2,1H3,(H,20,23);1H. The van der Waals surface area contributed by atoms with Gasteiger partial charge >= 0.3 is 0 Å². The van der Waals surface area contributed by atoms with Gasteiger partial charge in [0.15, 0.2) is 0 Å². The first kappa shape index (κ1) is 17.4. The van der Waals surface area contributed by atoms with Crippen LogP contribution in [0.15, 0.2) is 40.9 Å². The highest BCUT2D eigenvalue weighted by Crippen LogP contribution is 2.26. The molecule has 0 atom stereocenters. The van der Waals surface area contributed by atoms with Gasteiger partial charge in [-0.05, 0) is 13.0 Å². The zero-order valence-corrected chi connectivity index (χ0v) is 14.6. The number of hydrogen-bond acceptors (Lipinski definition) is 5. The van der Waals surface area contributed by atoms with Crippen molar-refractivity contribution in [1.29, 1.82) is 0 Å². The molecular weight excluding hydrogens is 340 g/mol. The Morgan fingerprint density at radius 3 is 2.76 bits per heavy atom. The van der Waals surface area contributed by atoms with Gasteiger partial charge in [-0.3, -0.25) is 4.79 Å². The third kappa shape index (κ3) is 3.36. The number of pyridine rings is 1. The summed E-state index contributed by atoms with van der Waals surface area (Å²) in [6.45, 7) is 4.39. The van der Waals surface area contributed by atoms with Crippen molar-refractivity contribution in [2.75, 3.05) is 19.6 Å². The SMILES string of the molecule is Cc1noc2nc(-c3ccccc3)cc(C(=O)NCC3CNC3)c12.Cl. The first-order valence-electron chi connectivity index (χ1n) is 8.04. The van der Waals surface area contributed by atoms with Crippen LogP contribution < -0.4 is 10.6 Å². The molecule has 0 bridgehead atoms. The number of fused-ring (bicyclic) bond motifs is 1. The van der Waals surface area contributed by atoms with Crippen molar-refractivity contribution in [2.45, 2.75) is 6.92 Å². The zero-order chi connectivity index (χ0) is 16.5. The van der Waals surface area contributed by atoms with E-state index in [0.29, 0.717) is 40.5 Å². The van der Waals surface area contributed by atoms with Crippen molar-refractivity contribution in [3.05, 3.63) is 47.7 Å². The molecule has 0 unspecified atom stereocenters. The minimum Gasteiger partial charge on any atom is -0.352 e. The summed E-state index contributed by atoms with van der Waals surface area (Å²) in [6, 6.07) is 11.6. The maximum Gasteiger partial charge on any atom is 0.259 e. The monoisotopic (exact) mass is 358 g/mol. The Hall–Kier alpha value is -2.44. The summed E-state index contributed by atoms with van der Waals surface area (Å²) < 4.78 is 5.31. The van der Waals surface area contributed by atoms with E-state index in [1.54, 1.807) is 0 Å². The summed E-state index contributed by atoms with van der Waals surface area (Å²) in [7, 11) is 0. The fourth-order valence-electron chi connectivity index (χ4n) is 2.86. The number of hydrogen-bond donors (Lipinski definition) is 2. The van der Waals surface area contributed by atoms with E-state index in [1.807, 2.05) is 43.3 Å². The highest BCUT2D eigenvalue weighted by Gasteiger charge is 2.21. The van der Waals surface area contributed by atoms with Gasteiger partial charge in [0.25, 0.3) is 11.6 Å². The van der Waals surface area contributed by atoms with Crippen LogP contribution in [0.3, 0.4) is 0 Å². The van der Waals surface area contributed by atoms with Crippen molar-refractivity contribution < 1.29 is 9.32 Å². The molecule has 130 valence electrons. The molecule has 0 saturated carbocycles. The number of halogens is 1. The van der Waals surface area contributed by atoms with E-state index in [4.69, 9.17) is 4.52 Å². The van der Waals surface area contributed by atoms with Gasteiger partial charge in [0.1, 0.15) is 0 Å². The van der Waals surface area contributed by atoms with Crippen molar-refractivity contribution in [2.24, 2.45) is 5.92 Å². The molecule has 3 heterocycles. The molecule has 2 N–H and O–H groups in total. The molecule has 7 heteroatoms. The number of carbonyl (C=O) groups excluding carboxylic acids is 1. The lowest BCUT2D eigenvalue weighted by atomic mass is 10.0. The van der Waals surface area contributed by atoms with Crippen LogP contribution in [-0.4, -0.2) is 35.7 Å². The molecule has 0 spiro atoms. The number of nitrogens with zero attached hydrogens (tertiary/aromatic N) is 2. The number of amides is 1. The molecule has 1 aromatic carbocycles. The molecule has 1 aliphatic heterocycles. The quantitative estimate of drug-likeness (QED) is 0.749. The molecule has 0 radical (unpaired) electrons. The molecule has 1 fully saturated rings. The van der Waals surface area contributed by atoms with Gasteiger partial charge < -0.3 is 15.2 Å². The summed E-state index contributed by atoms with van der Waals surface area (Å²) in [5, 5.41) is 10.9. The predicted octanol–water partition coefficient (Wildman–Crippen LogP) is 2.57. The fourth-order valence-corrected chi connectivity index (χ4v) is 2.86. The van der Waals surface area contributed by atoms with Crippen molar-refractivity contribution in [3.63, 3.8) is 0 Å². The molecular formula is C18H19ClN4O2. The number of aryl methyl sites for hydroxylation is 1. The maximum atomic E-state index is 12.7. The maximum absolute atomic E-state index is 12.7. The van der Waals surface area contributed by atoms with Crippen LogP contribution in [0.5, 0.6) is 0 Å². The largest absolute Gasteiger partial charge is 0.352 e. The summed E-state index contributed by atoms with van der Waals surface area (Å²) in [5.74, 6) is 0.390. The van der Waals surface area contributed by atoms with Gasteiger partial charge in [-0.1, -0.05) is 35.5 Å². The first-order chi connectivity index (χ1) is 11.7. The number of benzene rings is 1. The second-order valence-corrected chi connectivity index (χ2v) is 6.10. The summed E-state index contributed by atoms with van der Waals surface area (Å²) in [5.41, 5.74) is 3.27. The lowest BCUT2D eigenvalue weighted by molar-refractivity contribution is 0.0943. The number of nitrogens with one attached hydrogen (secondary N) is 2. The van der Waals surface area contributed by atoms with Crippen LogP contribution in [0.2, 0.25) is 0 Å². The molecule has 6 nitrogen and oxygen atoms in total. The van der Waals surface area contributed by atoms with Crippen molar-refractivity contribution in [3.8, 4) is 11.3 Å². The second-order valence-electron chi connectivity index (χ2n) is 6.10. The van der Waals surface area contributed by atoms with E-state index in [0.717, 1.165) is 18.7 Å². The summed E-state index contributed by atoms with van der Waals surface area (Å²) in [4.78, 5) is 17.2. The van der Waals surface area contributed by atoms with E-state index in [1.165, 1.54) is 0 Å². The highest BCUT2D eigenvalue weighted by atomic mass is 35.5. The fraction of sp³-hybridized carbons (Fsp3) is 0.278. The minimum absolute atomic E-state index is 0. The number of aromatic nitrogens is 2. The normalized spacial score (nSPS) is 14.0. The van der Waals surface area contributed by atoms with Crippen molar-refractivity contribution >= 4 is 29.4 Å². The Balaban J connectivity index is 0.00000182. The Labute approximate surface area is 151 Å². The molecule has 1 saturated heterocycles. The van der Waals surface area contributed by atoms with Crippen LogP contribution in [-0.2, 0) is 0 Å². The first-order valence-corrected chi connectivity index (χ1v) is 8.04. The molecule has 2 aromatic heterocycles. The summed E-state index contributed by atoms with van der Waals surface area (Å²) >= 11 is 0. The summed E-state index contributed by atoms with van der Waals surface area (Å²) in [6.07, 6.45) is 0. The predicted molar refractivity (Wildman–Crippen MR) is 97.9 cm³/mol. The molecule has 4 rings (SSSR count). The van der Waals surface area contributed by atoms with E-state index in [-0.39, 0.29) is 18.3 Å². The lowest BCUT2D eigenvalue weighted by Crippen LogP contribution is -2.48. The van der Waals surface area contributed by atoms with E-state index >= 15 is 0 Å². The van der Waals surface area contributed by atoms with Crippen LogP contribution >= 0.6 is 12.4 Å². The van der Waals surface area contributed by atoms with Crippen LogP contribution in [0.25, 0.3) is 22.4 Å². The molecule has 1 aliphatic rings. The highest BCUT2D eigenvalue weighted by molar-refractivity contribution is 6.07. The van der Waals surface area contributed by atoms with E-state index < -0.39 is 0 Å². The average Bonchev–Trinajstić information content (AvgIpc) is 2.94. The number of rotatable bonds is 4.